The lowest BCUT2D eigenvalue weighted by atomic mass is 10.1. The number of hydrogen-bond donors (Lipinski definition) is 0. The highest BCUT2D eigenvalue weighted by atomic mass is 79.9. The van der Waals surface area contributed by atoms with Crippen LogP contribution in [0.3, 0.4) is 0 Å². The first-order valence-electron chi connectivity index (χ1n) is 7.23. The largest absolute Gasteiger partial charge is 0.339 e. The number of halogens is 1. The van der Waals surface area contributed by atoms with Crippen LogP contribution in [0.4, 0.5) is 0 Å². The molecule has 1 aliphatic carbocycles. The van der Waals surface area contributed by atoms with Gasteiger partial charge in [0, 0.05) is 29.8 Å². The molecule has 1 aromatic heterocycles. The van der Waals surface area contributed by atoms with Crippen molar-refractivity contribution in [3.63, 3.8) is 0 Å². The van der Waals surface area contributed by atoms with Crippen LogP contribution in [0.2, 0.25) is 0 Å². The van der Waals surface area contributed by atoms with Crippen LogP contribution in [0, 0.1) is 5.92 Å². The molecule has 0 aliphatic heterocycles. The van der Waals surface area contributed by atoms with Crippen molar-refractivity contribution in [3.05, 3.63) is 22.4 Å². The van der Waals surface area contributed by atoms with Gasteiger partial charge in [-0.05, 0) is 47.7 Å². The first-order chi connectivity index (χ1) is 9.06. The van der Waals surface area contributed by atoms with Gasteiger partial charge in [-0.3, -0.25) is 4.79 Å². The van der Waals surface area contributed by atoms with E-state index >= 15 is 0 Å². The molecule has 19 heavy (non-hydrogen) atoms. The second-order valence-corrected chi connectivity index (χ2v) is 6.45. The minimum absolute atomic E-state index is 0.167. The van der Waals surface area contributed by atoms with E-state index in [0.717, 1.165) is 29.7 Å². The Kier molecular flexibility index (Phi) is 4.71. The zero-order valence-corrected chi connectivity index (χ0v) is 13.6. The van der Waals surface area contributed by atoms with Crippen molar-refractivity contribution in [3.8, 4) is 0 Å². The molecule has 1 fully saturated rings. The molecule has 0 spiro atoms. The summed E-state index contributed by atoms with van der Waals surface area (Å²) in [6.45, 7) is 8.05. The van der Waals surface area contributed by atoms with E-state index in [-0.39, 0.29) is 5.91 Å². The molecule has 1 amide bonds. The van der Waals surface area contributed by atoms with Gasteiger partial charge in [-0.25, -0.2) is 0 Å². The number of aromatic nitrogens is 1. The molecule has 1 atom stereocenters. The van der Waals surface area contributed by atoms with E-state index in [1.807, 2.05) is 17.2 Å². The lowest BCUT2D eigenvalue weighted by Crippen LogP contribution is -2.35. The van der Waals surface area contributed by atoms with Gasteiger partial charge < -0.3 is 9.47 Å². The van der Waals surface area contributed by atoms with Gasteiger partial charge in [-0.15, -0.1) is 0 Å². The highest BCUT2D eigenvalue weighted by Gasteiger charge is 2.29. The lowest BCUT2D eigenvalue weighted by Gasteiger charge is -2.24. The number of rotatable bonds is 6. The first kappa shape index (κ1) is 14.6. The average Bonchev–Trinajstić information content (AvgIpc) is 3.17. The highest BCUT2D eigenvalue weighted by Crippen LogP contribution is 2.37. The minimum atomic E-state index is 0.167. The van der Waals surface area contributed by atoms with Crippen LogP contribution in [0.1, 0.15) is 56.6 Å². The predicted molar refractivity (Wildman–Crippen MR) is 81.4 cm³/mol. The standard InChI is InChI=1S/C15H23BrN2O/c1-4-11(3)9-17(5-2)15(19)14-8-12(16)10-18(14)13-6-7-13/h8,10-11,13H,4-7,9H2,1-3H3. The molecule has 106 valence electrons. The summed E-state index contributed by atoms with van der Waals surface area (Å²) in [6.07, 6.45) is 5.54. The molecule has 2 rings (SSSR count). The Morgan fingerprint density at radius 2 is 2.21 bits per heavy atom. The summed E-state index contributed by atoms with van der Waals surface area (Å²) >= 11 is 3.49. The normalized spacial score (nSPS) is 16.4. The molecule has 0 N–H and O–H groups in total. The van der Waals surface area contributed by atoms with Gasteiger partial charge in [-0.2, -0.15) is 0 Å². The van der Waals surface area contributed by atoms with Crippen molar-refractivity contribution < 1.29 is 4.79 Å². The van der Waals surface area contributed by atoms with E-state index < -0.39 is 0 Å². The Morgan fingerprint density at radius 3 is 2.74 bits per heavy atom. The summed E-state index contributed by atoms with van der Waals surface area (Å²) in [4.78, 5) is 14.6. The van der Waals surface area contributed by atoms with Crippen LogP contribution >= 0.6 is 15.9 Å². The van der Waals surface area contributed by atoms with Crippen LogP contribution in [0.5, 0.6) is 0 Å². The Hall–Kier alpha value is -0.770. The maximum atomic E-state index is 12.7. The number of nitrogens with zero attached hydrogens (tertiary/aromatic N) is 2. The Balaban J connectivity index is 2.17. The summed E-state index contributed by atoms with van der Waals surface area (Å²) < 4.78 is 3.15. The molecule has 1 aliphatic rings. The van der Waals surface area contributed by atoms with Crippen LogP contribution < -0.4 is 0 Å². The summed E-state index contributed by atoms with van der Waals surface area (Å²) in [7, 11) is 0. The Morgan fingerprint density at radius 1 is 1.53 bits per heavy atom. The highest BCUT2D eigenvalue weighted by molar-refractivity contribution is 9.10. The smallest absolute Gasteiger partial charge is 0.270 e. The van der Waals surface area contributed by atoms with Gasteiger partial charge >= 0.3 is 0 Å². The fourth-order valence-electron chi connectivity index (χ4n) is 2.29. The summed E-state index contributed by atoms with van der Waals surface area (Å²) in [5, 5.41) is 0. The summed E-state index contributed by atoms with van der Waals surface area (Å²) in [5.74, 6) is 0.720. The number of hydrogen-bond acceptors (Lipinski definition) is 1. The van der Waals surface area contributed by atoms with E-state index in [2.05, 4.69) is 41.3 Å². The zero-order valence-electron chi connectivity index (χ0n) is 12.0. The van der Waals surface area contributed by atoms with Crippen LogP contribution in [0.25, 0.3) is 0 Å². The topological polar surface area (TPSA) is 25.2 Å². The third-order valence-corrected chi connectivity index (χ3v) is 4.31. The SMILES string of the molecule is CCC(C)CN(CC)C(=O)c1cc(Br)cn1C1CC1. The van der Waals surface area contributed by atoms with Crippen molar-refractivity contribution >= 4 is 21.8 Å². The van der Waals surface area contributed by atoms with Crippen LogP contribution in [0.15, 0.2) is 16.7 Å². The van der Waals surface area contributed by atoms with Gasteiger partial charge in [0.15, 0.2) is 0 Å². The molecule has 4 heteroatoms. The quantitative estimate of drug-likeness (QED) is 0.772. The molecule has 1 saturated carbocycles. The molecular formula is C15H23BrN2O. The number of carbonyl (C=O) groups is 1. The molecule has 0 bridgehead atoms. The first-order valence-corrected chi connectivity index (χ1v) is 8.02. The van der Waals surface area contributed by atoms with Gasteiger partial charge in [0.1, 0.15) is 5.69 Å². The molecule has 0 saturated heterocycles. The van der Waals surface area contributed by atoms with Gasteiger partial charge in [0.25, 0.3) is 5.91 Å². The van der Waals surface area contributed by atoms with E-state index in [1.54, 1.807) is 0 Å². The maximum Gasteiger partial charge on any atom is 0.270 e. The Bertz CT molecular complexity index is 451. The van der Waals surface area contributed by atoms with Crippen molar-refractivity contribution in [2.45, 2.75) is 46.1 Å². The van der Waals surface area contributed by atoms with Gasteiger partial charge in [0.2, 0.25) is 0 Å². The van der Waals surface area contributed by atoms with Crippen molar-refractivity contribution in [1.29, 1.82) is 0 Å². The lowest BCUT2D eigenvalue weighted by molar-refractivity contribution is 0.0729. The van der Waals surface area contributed by atoms with E-state index in [4.69, 9.17) is 0 Å². The summed E-state index contributed by atoms with van der Waals surface area (Å²) in [6, 6.07) is 2.49. The van der Waals surface area contributed by atoms with Gasteiger partial charge in [-0.1, -0.05) is 20.3 Å². The monoisotopic (exact) mass is 326 g/mol. The summed E-state index contributed by atoms with van der Waals surface area (Å²) in [5.41, 5.74) is 0.833. The number of amides is 1. The van der Waals surface area contributed by atoms with Crippen molar-refractivity contribution in [2.75, 3.05) is 13.1 Å². The van der Waals surface area contributed by atoms with Gasteiger partial charge in [0.05, 0.1) is 0 Å². The fourth-order valence-corrected chi connectivity index (χ4v) is 2.73. The Labute approximate surface area is 124 Å². The van der Waals surface area contributed by atoms with Crippen LogP contribution in [-0.2, 0) is 0 Å². The molecule has 1 heterocycles. The molecule has 0 aromatic carbocycles. The molecule has 0 radical (unpaired) electrons. The van der Waals surface area contributed by atoms with Crippen molar-refractivity contribution in [1.82, 2.24) is 9.47 Å². The molecule has 3 nitrogen and oxygen atoms in total. The number of carbonyl (C=O) groups excluding carboxylic acids is 1. The van der Waals surface area contributed by atoms with E-state index in [0.29, 0.717) is 12.0 Å². The second-order valence-electron chi connectivity index (χ2n) is 5.54. The van der Waals surface area contributed by atoms with E-state index in [9.17, 15) is 4.79 Å². The molecular weight excluding hydrogens is 304 g/mol. The molecule has 1 unspecified atom stereocenters. The average molecular weight is 327 g/mol. The predicted octanol–water partition coefficient (Wildman–Crippen LogP) is 4.09. The third-order valence-electron chi connectivity index (χ3n) is 3.87. The maximum absolute atomic E-state index is 12.7. The second kappa shape index (κ2) is 6.12. The van der Waals surface area contributed by atoms with E-state index in [1.165, 1.54) is 12.8 Å². The third kappa shape index (κ3) is 3.41. The fraction of sp³-hybridized carbons (Fsp3) is 0.667. The molecule has 1 aromatic rings. The minimum Gasteiger partial charge on any atom is -0.339 e. The van der Waals surface area contributed by atoms with Crippen LogP contribution in [-0.4, -0.2) is 28.5 Å². The van der Waals surface area contributed by atoms with Crippen molar-refractivity contribution in [2.24, 2.45) is 5.92 Å². The zero-order chi connectivity index (χ0) is 14.0.